The normalized spacial score (nSPS) is 11.8. The third kappa shape index (κ3) is 3.33. The molecule has 0 unspecified atom stereocenters. The van der Waals surface area contributed by atoms with E-state index in [4.69, 9.17) is 5.11 Å². The topological polar surface area (TPSA) is 79.5 Å². The molecule has 0 saturated carbocycles. The first-order chi connectivity index (χ1) is 9.53. The summed E-state index contributed by atoms with van der Waals surface area (Å²) in [5.74, 6) is -0.148. The van der Waals surface area contributed by atoms with Gasteiger partial charge >= 0.3 is 0 Å². The van der Waals surface area contributed by atoms with Gasteiger partial charge in [-0.2, -0.15) is 5.10 Å². The third-order valence-corrected chi connectivity index (χ3v) is 3.31. The van der Waals surface area contributed by atoms with Crippen molar-refractivity contribution in [1.82, 2.24) is 19.9 Å². The molecule has 2 aromatic heterocycles. The second-order valence-corrected chi connectivity index (χ2v) is 5.64. The van der Waals surface area contributed by atoms with E-state index in [-0.39, 0.29) is 17.9 Å². The average Bonchev–Trinajstić information content (AvgIpc) is 2.87. The SMILES string of the molecule is CC(C)(CCCO)CNC(=O)c1cnn2ccncc12. The largest absolute Gasteiger partial charge is 0.396 e. The highest BCUT2D eigenvalue weighted by Gasteiger charge is 2.20. The van der Waals surface area contributed by atoms with Gasteiger partial charge in [0.1, 0.15) is 0 Å². The van der Waals surface area contributed by atoms with E-state index in [0.717, 1.165) is 12.8 Å². The second kappa shape index (κ2) is 6.00. The summed E-state index contributed by atoms with van der Waals surface area (Å²) < 4.78 is 1.62. The highest BCUT2D eigenvalue weighted by atomic mass is 16.2. The monoisotopic (exact) mass is 276 g/mol. The van der Waals surface area contributed by atoms with E-state index >= 15 is 0 Å². The van der Waals surface area contributed by atoms with Gasteiger partial charge in [0.2, 0.25) is 0 Å². The lowest BCUT2D eigenvalue weighted by atomic mass is 9.88. The molecule has 0 bridgehead atoms. The van der Waals surface area contributed by atoms with Crippen molar-refractivity contribution in [2.24, 2.45) is 5.41 Å². The van der Waals surface area contributed by atoms with Crippen LogP contribution in [0.5, 0.6) is 0 Å². The fourth-order valence-electron chi connectivity index (χ4n) is 2.07. The molecule has 0 fully saturated rings. The van der Waals surface area contributed by atoms with E-state index in [2.05, 4.69) is 29.2 Å². The van der Waals surface area contributed by atoms with Gasteiger partial charge in [-0.3, -0.25) is 9.78 Å². The number of nitrogens with zero attached hydrogens (tertiary/aromatic N) is 3. The van der Waals surface area contributed by atoms with Gasteiger partial charge in [-0.25, -0.2) is 4.52 Å². The van der Waals surface area contributed by atoms with Crippen molar-refractivity contribution in [2.75, 3.05) is 13.2 Å². The maximum atomic E-state index is 12.2. The Hall–Kier alpha value is -1.95. The molecule has 2 rings (SSSR count). The molecular weight excluding hydrogens is 256 g/mol. The molecule has 20 heavy (non-hydrogen) atoms. The van der Waals surface area contributed by atoms with Crippen LogP contribution in [0.25, 0.3) is 5.52 Å². The van der Waals surface area contributed by atoms with E-state index < -0.39 is 0 Å². The van der Waals surface area contributed by atoms with E-state index in [1.54, 1.807) is 29.3 Å². The number of fused-ring (bicyclic) bond motifs is 1. The summed E-state index contributed by atoms with van der Waals surface area (Å²) in [4.78, 5) is 16.2. The van der Waals surface area contributed by atoms with Gasteiger partial charge in [0, 0.05) is 25.5 Å². The number of nitrogens with one attached hydrogen (secondary N) is 1. The Balaban J connectivity index is 2.02. The van der Waals surface area contributed by atoms with Crippen LogP contribution < -0.4 is 5.32 Å². The van der Waals surface area contributed by atoms with Crippen molar-refractivity contribution < 1.29 is 9.90 Å². The first-order valence-corrected chi connectivity index (χ1v) is 6.70. The number of hydrogen-bond donors (Lipinski definition) is 2. The van der Waals surface area contributed by atoms with Crippen LogP contribution in [0.1, 0.15) is 37.0 Å². The molecular formula is C14H20N4O2. The van der Waals surface area contributed by atoms with Crippen molar-refractivity contribution in [2.45, 2.75) is 26.7 Å². The predicted molar refractivity (Wildman–Crippen MR) is 75.4 cm³/mol. The number of aliphatic hydroxyl groups excluding tert-OH is 1. The molecule has 2 heterocycles. The standard InChI is InChI=1S/C14H20N4O2/c1-14(2,4-3-7-19)10-16-13(20)11-8-17-18-6-5-15-9-12(11)18/h5-6,8-9,19H,3-4,7,10H2,1-2H3,(H,16,20). The summed E-state index contributed by atoms with van der Waals surface area (Å²) >= 11 is 0. The van der Waals surface area contributed by atoms with Crippen LogP contribution in [-0.4, -0.2) is 38.8 Å². The molecule has 0 atom stereocenters. The first-order valence-electron chi connectivity index (χ1n) is 6.70. The lowest BCUT2D eigenvalue weighted by Gasteiger charge is -2.24. The number of carbonyl (C=O) groups is 1. The molecule has 6 heteroatoms. The van der Waals surface area contributed by atoms with E-state index in [9.17, 15) is 4.79 Å². The van der Waals surface area contributed by atoms with Crippen LogP contribution in [0.4, 0.5) is 0 Å². The molecule has 0 aliphatic carbocycles. The number of carbonyl (C=O) groups excluding carboxylic acids is 1. The maximum absolute atomic E-state index is 12.2. The van der Waals surface area contributed by atoms with Gasteiger partial charge in [0.25, 0.3) is 5.91 Å². The molecule has 0 aliphatic heterocycles. The summed E-state index contributed by atoms with van der Waals surface area (Å²) in [5, 5.41) is 15.9. The predicted octanol–water partition coefficient (Wildman–Crippen LogP) is 1.26. The molecule has 0 radical (unpaired) electrons. The van der Waals surface area contributed by atoms with Crippen molar-refractivity contribution in [3.05, 3.63) is 30.4 Å². The summed E-state index contributed by atoms with van der Waals surface area (Å²) in [6.07, 6.45) is 8.10. The molecule has 0 aromatic carbocycles. The Morgan fingerprint density at radius 3 is 3.00 bits per heavy atom. The molecule has 2 aromatic rings. The Morgan fingerprint density at radius 2 is 2.25 bits per heavy atom. The van der Waals surface area contributed by atoms with Crippen LogP contribution in [0.2, 0.25) is 0 Å². The lowest BCUT2D eigenvalue weighted by molar-refractivity contribution is 0.0934. The van der Waals surface area contributed by atoms with Gasteiger partial charge in [0.05, 0.1) is 23.5 Å². The van der Waals surface area contributed by atoms with Crippen LogP contribution >= 0.6 is 0 Å². The number of rotatable bonds is 6. The van der Waals surface area contributed by atoms with E-state index in [1.165, 1.54) is 0 Å². The van der Waals surface area contributed by atoms with Crippen LogP contribution in [0.15, 0.2) is 24.8 Å². The van der Waals surface area contributed by atoms with Crippen molar-refractivity contribution >= 4 is 11.4 Å². The average molecular weight is 276 g/mol. The highest BCUT2D eigenvalue weighted by molar-refractivity contribution is 6.00. The molecule has 0 saturated heterocycles. The Labute approximate surface area is 117 Å². The van der Waals surface area contributed by atoms with Crippen molar-refractivity contribution in [3.63, 3.8) is 0 Å². The number of hydrogen-bond acceptors (Lipinski definition) is 4. The minimum absolute atomic E-state index is 0.0421. The lowest BCUT2D eigenvalue weighted by Crippen LogP contribution is -2.34. The van der Waals surface area contributed by atoms with E-state index in [1.807, 2.05) is 0 Å². The maximum Gasteiger partial charge on any atom is 0.255 e. The molecule has 1 amide bonds. The van der Waals surface area contributed by atoms with Gasteiger partial charge in [-0.1, -0.05) is 13.8 Å². The minimum Gasteiger partial charge on any atom is -0.396 e. The minimum atomic E-state index is -0.148. The molecule has 0 spiro atoms. The zero-order chi connectivity index (χ0) is 14.6. The summed E-state index contributed by atoms with van der Waals surface area (Å²) in [6.45, 7) is 4.88. The van der Waals surface area contributed by atoms with Crippen LogP contribution in [0, 0.1) is 5.41 Å². The summed E-state index contributed by atoms with van der Waals surface area (Å²) in [5.41, 5.74) is 1.17. The molecule has 6 nitrogen and oxygen atoms in total. The number of amides is 1. The van der Waals surface area contributed by atoms with Crippen LogP contribution in [0.3, 0.4) is 0 Å². The van der Waals surface area contributed by atoms with E-state index in [0.29, 0.717) is 17.6 Å². The van der Waals surface area contributed by atoms with Crippen LogP contribution in [-0.2, 0) is 0 Å². The van der Waals surface area contributed by atoms with Gasteiger partial charge < -0.3 is 10.4 Å². The first kappa shape index (κ1) is 14.5. The van der Waals surface area contributed by atoms with Crippen molar-refractivity contribution in [3.8, 4) is 0 Å². The zero-order valence-corrected chi connectivity index (χ0v) is 11.8. The summed E-state index contributed by atoms with van der Waals surface area (Å²) in [6, 6.07) is 0. The Kier molecular flexibility index (Phi) is 4.34. The zero-order valence-electron chi connectivity index (χ0n) is 11.8. The summed E-state index contributed by atoms with van der Waals surface area (Å²) in [7, 11) is 0. The van der Waals surface area contributed by atoms with Gasteiger partial charge in [-0.15, -0.1) is 0 Å². The third-order valence-electron chi connectivity index (χ3n) is 3.31. The number of aromatic nitrogens is 3. The highest BCUT2D eigenvalue weighted by Crippen LogP contribution is 2.21. The Morgan fingerprint density at radius 1 is 1.45 bits per heavy atom. The quantitative estimate of drug-likeness (QED) is 0.832. The van der Waals surface area contributed by atoms with Gasteiger partial charge in [0.15, 0.2) is 0 Å². The van der Waals surface area contributed by atoms with Crippen molar-refractivity contribution in [1.29, 1.82) is 0 Å². The molecule has 2 N–H and O–H groups in total. The fraction of sp³-hybridized carbons (Fsp3) is 0.500. The second-order valence-electron chi connectivity index (χ2n) is 5.64. The molecule has 0 aliphatic rings. The smallest absolute Gasteiger partial charge is 0.255 e. The number of aliphatic hydroxyl groups is 1. The van der Waals surface area contributed by atoms with Gasteiger partial charge in [-0.05, 0) is 18.3 Å². The fourth-order valence-corrected chi connectivity index (χ4v) is 2.07. The molecule has 108 valence electrons. The Bertz CT molecular complexity index is 592.